The van der Waals surface area contributed by atoms with Crippen LogP contribution in [0.15, 0.2) is 70.5 Å². The number of benzene rings is 3. The van der Waals surface area contributed by atoms with Crippen molar-refractivity contribution in [1.29, 1.82) is 0 Å². The zero-order chi connectivity index (χ0) is 27.1. The van der Waals surface area contributed by atoms with E-state index in [4.69, 9.17) is 0 Å². The maximum Gasteiger partial charge on any atom is 0.416 e. The Balaban J connectivity index is 2.03. The highest BCUT2D eigenvalue weighted by atomic mass is 32.2. The fraction of sp³-hybridized carbons (Fsp3) is 0.100. The molecule has 0 saturated heterocycles. The summed E-state index contributed by atoms with van der Waals surface area (Å²) in [5.74, 6) is -3.34. The van der Waals surface area contributed by atoms with Gasteiger partial charge in [0, 0.05) is 12.1 Å². The Morgan fingerprint density at radius 3 is 1.19 bits per heavy atom. The van der Waals surface area contributed by atoms with Gasteiger partial charge in [-0.15, -0.1) is 0 Å². The molecule has 0 bridgehead atoms. The van der Waals surface area contributed by atoms with Gasteiger partial charge < -0.3 is 0 Å². The van der Waals surface area contributed by atoms with Gasteiger partial charge in [0.05, 0.1) is 32.3 Å². The third kappa shape index (κ3) is 6.04. The van der Waals surface area contributed by atoms with Crippen molar-refractivity contribution in [3.05, 3.63) is 83.4 Å². The molecule has 0 aliphatic rings. The van der Waals surface area contributed by atoms with Crippen molar-refractivity contribution in [3.63, 3.8) is 0 Å². The predicted octanol–water partition coefficient (Wildman–Crippen LogP) is 5.60. The van der Waals surface area contributed by atoms with Crippen LogP contribution in [0.4, 0.5) is 46.5 Å². The largest absolute Gasteiger partial charge is 0.416 e. The lowest BCUT2D eigenvalue weighted by Gasteiger charge is -2.16. The minimum absolute atomic E-state index is 0.199. The molecule has 16 heteroatoms. The van der Waals surface area contributed by atoms with E-state index in [0.29, 0.717) is 12.1 Å². The standard InChI is InChI=1S/C20H12F8N2O4S2/c21-15-9-17(29-35(31,32)13-5-1-3-11(7-13)19(23,24)25)18(10-16(15)22)30-36(33,34)14-6-2-4-12(8-14)20(26,27)28/h1-10,29-30H. The summed E-state index contributed by atoms with van der Waals surface area (Å²) in [4.78, 5) is -1.90. The molecular formula is C20H12F8N2O4S2. The molecule has 3 aromatic rings. The number of nitrogens with one attached hydrogen (secondary N) is 2. The molecule has 0 unspecified atom stereocenters. The predicted molar refractivity (Wildman–Crippen MR) is 111 cm³/mol. The first kappa shape index (κ1) is 27.2. The number of halogens is 8. The van der Waals surface area contributed by atoms with Crippen molar-refractivity contribution in [2.45, 2.75) is 22.1 Å². The quantitative estimate of drug-likeness (QED) is 0.384. The van der Waals surface area contributed by atoms with Crippen molar-refractivity contribution in [2.24, 2.45) is 0 Å². The fourth-order valence-electron chi connectivity index (χ4n) is 2.80. The molecule has 6 nitrogen and oxygen atoms in total. The average Bonchev–Trinajstić information content (AvgIpc) is 2.76. The van der Waals surface area contributed by atoms with Gasteiger partial charge in [0.2, 0.25) is 0 Å². The number of sulfonamides is 2. The van der Waals surface area contributed by atoms with E-state index in [1.54, 1.807) is 9.44 Å². The summed E-state index contributed by atoms with van der Waals surface area (Å²) in [5, 5.41) is 0. The molecule has 0 spiro atoms. The van der Waals surface area contributed by atoms with Gasteiger partial charge in [-0.05, 0) is 36.4 Å². The van der Waals surface area contributed by atoms with E-state index in [9.17, 15) is 52.0 Å². The fourth-order valence-corrected chi connectivity index (χ4v) is 5.03. The first-order valence-electron chi connectivity index (χ1n) is 9.29. The Bertz CT molecular complexity index is 1400. The highest BCUT2D eigenvalue weighted by Gasteiger charge is 2.33. The van der Waals surface area contributed by atoms with Crippen LogP contribution in [0.1, 0.15) is 11.1 Å². The third-order valence-corrected chi connectivity index (χ3v) is 7.22. The molecule has 0 heterocycles. The third-order valence-electron chi connectivity index (χ3n) is 4.49. The SMILES string of the molecule is O=S(=O)(Nc1cc(F)c(F)cc1NS(=O)(=O)c1cccc(C(F)(F)F)c1)c1cccc(C(F)(F)F)c1. The summed E-state index contributed by atoms with van der Waals surface area (Å²) < 4.78 is 159. The van der Waals surface area contributed by atoms with Crippen LogP contribution in [-0.4, -0.2) is 16.8 Å². The zero-order valence-electron chi connectivity index (χ0n) is 17.2. The zero-order valence-corrected chi connectivity index (χ0v) is 18.9. The molecule has 3 rings (SSSR count). The van der Waals surface area contributed by atoms with Crippen LogP contribution in [0.3, 0.4) is 0 Å². The van der Waals surface area contributed by atoms with Crippen LogP contribution in [0.2, 0.25) is 0 Å². The smallest absolute Gasteiger partial charge is 0.277 e. The molecule has 0 atom stereocenters. The molecule has 0 saturated carbocycles. The van der Waals surface area contributed by atoms with Crippen LogP contribution in [-0.2, 0) is 32.4 Å². The second-order valence-electron chi connectivity index (χ2n) is 7.07. The highest BCUT2D eigenvalue weighted by molar-refractivity contribution is 7.93. The second-order valence-corrected chi connectivity index (χ2v) is 10.4. The minimum atomic E-state index is -4.92. The first-order valence-corrected chi connectivity index (χ1v) is 12.3. The number of rotatable bonds is 6. The first-order chi connectivity index (χ1) is 16.4. The van der Waals surface area contributed by atoms with Gasteiger partial charge in [0.25, 0.3) is 20.0 Å². The summed E-state index contributed by atoms with van der Waals surface area (Å²) in [5.41, 5.74) is -4.61. The summed E-state index contributed by atoms with van der Waals surface area (Å²) in [6.07, 6.45) is -9.83. The van der Waals surface area contributed by atoms with Crippen LogP contribution in [0, 0.1) is 11.6 Å². The van der Waals surface area contributed by atoms with Gasteiger partial charge in [0.15, 0.2) is 11.6 Å². The van der Waals surface area contributed by atoms with Gasteiger partial charge in [-0.3, -0.25) is 9.44 Å². The molecule has 0 fully saturated rings. The molecule has 0 aliphatic carbocycles. The van der Waals surface area contributed by atoms with Crippen LogP contribution >= 0.6 is 0 Å². The highest BCUT2D eigenvalue weighted by Crippen LogP contribution is 2.34. The molecule has 194 valence electrons. The second kappa shape index (κ2) is 9.24. The van der Waals surface area contributed by atoms with Crippen molar-refractivity contribution < 1.29 is 52.0 Å². The Morgan fingerprint density at radius 2 is 0.889 bits per heavy atom. The summed E-state index contributed by atoms with van der Waals surface area (Å²) >= 11 is 0. The topological polar surface area (TPSA) is 92.3 Å². The Labute approximate surface area is 198 Å². The maximum absolute atomic E-state index is 13.8. The van der Waals surface area contributed by atoms with Crippen LogP contribution in [0.5, 0.6) is 0 Å². The Kier molecular flexibility index (Phi) is 6.98. The molecule has 2 N–H and O–H groups in total. The molecule has 3 aromatic carbocycles. The molecule has 0 aromatic heterocycles. The lowest BCUT2D eigenvalue weighted by molar-refractivity contribution is -0.138. The van der Waals surface area contributed by atoms with E-state index in [-0.39, 0.29) is 24.3 Å². The molecular weight excluding hydrogens is 548 g/mol. The van der Waals surface area contributed by atoms with E-state index in [0.717, 1.165) is 24.3 Å². The number of hydrogen-bond acceptors (Lipinski definition) is 4. The molecule has 36 heavy (non-hydrogen) atoms. The van der Waals surface area contributed by atoms with E-state index in [1.807, 2.05) is 0 Å². The average molecular weight is 560 g/mol. The molecule has 0 radical (unpaired) electrons. The summed E-state index contributed by atoms with van der Waals surface area (Å²) in [6.45, 7) is 0. The van der Waals surface area contributed by atoms with Gasteiger partial charge in [-0.1, -0.05) is 12.1 Å². The normalized spacial score (nSPS) is 12.9. The summed E-state index contributed by atoms with van der Waals surface area (Å²) in [6, 6.07) is 5.07. The maximum atomic E-state index is 13.8. The van der Waals surface area contributed by atoms with Crippen molar-refractivity contribution in [1.82, 2.24) is 0 Å². The Morgan fingerprint density at radius 1 is 0.556 bits per heavy atom. The minimum Gasteiger partial charge on any atom is -0.277 e. The monoisotopic (exact) mass is 560 g/mol. The lowest BCUT2D eigenvalue weighted by Crippen LogP contribution is -2.19. The number of anilines is 2. The number of hydrogen-bond donors (Lipinski definition) is 2. The molecule has 0 aliphatic heterocycles. The Hall–Kier alpha value is -3.40. The van der Waals surface area contributed by atoms with Gasteiger partial charge in [-0.25, -0.2) is 25.6 Å². The van der Waals surface area contributed by atoms with E-state index >= 15 is 0 Å². The van der Waals surface area contributed by atoms with E-state index in [2.05, 4.69) is 0 Å². The van der Waals surface area contributed by atoms with Gasteiger partial charge in [-0.2, -0.15) is 26.3 Å². The number of alkyl halides is 6. The van der Waals surface area contributed by atoms with Crippen molar-refractivity contribution >= 4 is 31.4 Å². The summed E-state index contributed by atoms with van der Waals surface area (Å²) in [7, 11) is -9.83. The molecule has 0 amide bonds. The van der Waals surface area contributed by atoms with E-state index in [1.165, 1.54) is 0 Å². The van der Waals surface area contributed by atoms with E-state index < -0.39 is 76.3 Å². The van der Waals surface area contributed by atoms with Crippen molar-refractivity contribution in [3.8, 4) is 0 Å². The van der Waals surface area contributed by atoms with Gasteiger partial charge in [0.1, 0.15) is 0 Å². The van der Waals surface area contributed by atoms with Crippen LogP contribution in [0.25, 0.3) is 0 Å². The van der Waals surface area contributed by atoms with Crippen LogP contribution < -0.4 is 9.44 Å². The lowest BCUT2D eigenvalue weighted by atomic mass is 10.2. The van der Waals surface area contributed by atoms with Crippen molar-refractivity contribution in [2.75, 3.05) is 9.44 Å². The van der Waals surface area contributed by atoms with Gasteiger partial charge >= 0.3 is 12.4 Å².